The first-order chi connectivity index (χ1) is 9.61. The number of piperidine rings is 1. The number of likely N-dealkylation sites (tertiary alicyclic amines) is 1. The SMILES string of the molecule is COc1ccccc1[C@@H](C)NC1CCN(C(C)=O)CC1. The van der Waals surface area contributed by atoms with Crippen molar-refractivity contribution in [3.05, 3.63) is 29.8 Å². The average molecular weight is 276 g/mol. The molecule has 1 aliphatic heterocycles. The van der Waals surface area contributed by atoms with Gasteiger partial charge in [-0.2, -0.15) is 0 Å². The zero-order valence-corrected chi connectivity index (χ0v) is 12.6. The number of hydrogen-bond acceptors (Lipinski definition) is 3. The van der Waals surface area contributed by atoms with Gasteiger partial charge in [0.2, 0.25) is 5.91 Å². The Bertz CT molecular complexity index is 454. The standard InChI is InChI=1S/C16H24N2O2/c1-12(15-6-4-5-7-16(15)20-3)17-14-8-10-18(11-9-14)13(2)19/h4-7,12,14,17H,8-11H2,1-3H3/t12-/m1/s1. The minimum absolute atomic E-state index is 0.182. The fourth-order valence-electron chi connectivity index (χ4n) is 2.83. The predicted molar refractivity (Wildman–Crippen MR) is 79.8 cm³/mol. The van der Waals surface area contributed by atoms with Gasteiger partial charge in [-0.15, -0.1) is 0 Å². The smallest absolute Gasteiger partial charge is 0.219 e. The van der Waals surface area contributed by atoms with Crippen LogP contribution in [-0.4, -0.2) is 37.0 Å². The van der Waals surface area contributed by atoms with Crippen molar-refractivity contribution >= 4 is 5.91 Å². The van der Waals surface area contributed by atoms with Gasteiger partial charge in [-0.25, -0.2) is 0 Å². The molecule has 2 rings (SSSR count). The van der Waals surface area contributed by atoms with E-state index in [1.54, 1.807) is 14.0 Å². The maximum Gasteiger partial charge on any atom is 0.219 e. The van der Waals surface area contributed by atoms with Gasteiger partial charge in [0, 0.05) is 37.7 Å². The van der Waals surface area contributed by atoms with Crippen LogP contribution in [-0.2, 0) is 4.79 Å². The number of carbonyl (C=O) groups excluding carboxylic acids is 1. The number of hydrogen-bond donors (Lipinski definition) is 1. The summed E-state index contributed by atoms with van der Waals surface area (Å²) in [6, 6.07) is 8.83. The van der Waals surface area contributed by atoms with Crippen molar-refractivity contribution in [2.45, 2.75) is 38.8 Å². The van der Waals surface area contributed by atoms with Crippen molar-refractivity contribution in [3.63, 3.8) is 0 Å². The van der Waals surface area contributed by atoms with Gasteiger partial charge in [-0.3, -0.25) is 4.79 Å². The largest absolute Gasteiger partial charge is 0.496 e. The molecule has 1 aromatic carbocycles. The summed E-state index contributed by atoms with van der Waals surface area (Å²) in [7, 11) is 1.71. The van der Waals surface area contributed by atoms with Crippen LogP contribution in [0.5, 0.6) is 5.75 Å². The Kier molecular flexibility index (Phi) is 5.01. The Morgan fingerprint density at radius 1 is 1.35 bits per heavy atom. The van der Waals surface area contributed by atoms with E-state index in [0.717, 1.165) is 31.7 Å². The molecule has 1 aliphatic rings. The maximum absolute atomic E-state index is 11.3. The lowest BCUT2D eigenvalue weighted by Gasteiger charge is -2.33. The molecule has 1 saturated heterocycles. The van der Waals surface area contributed by atoms with Crippen molar-refractivity contribution in [2.75, 3.05) is 20.2 Å². The highest BCUT2D eigenvalue weighted by Crippen LogP contribution is 2.25. The number of nitrogens with zero attached hydrogens (tertiary/aromatic N) is 1. The van der Waals surface area contributed by atoms with Crippen molar-refractivity contribution in [2.24, 2.45) is 0 Å². The number of rotatable bonds is 4. The summed E-state index contributed by atoms with van der Waals surface area (Å²) in [5, 5.41) is 3.65. The molecule has 110 valence electrons. The predicted octanol–water partition coefficient (Wildman–Crippen LogP) is 2.36. The molecule has 4 heteroatoms. The van der Waals surface area contributed by atoms with Crippen LogP contribution < -0.4 is 10.1 Å². The zero-order chi connectivity index (χ0) is 14.5. The van der Waals surface area contributed by atoms with Gasteiger partial charge in [-0.05, 0) is 25.8 Å². The zero-order valence-electron chi connectivity index (χ0n) is 12.6. The van der Waals surface area contributed by atoms with Gasteiger partial charge in [0.05, 0.1) is 7.11 Å². The number of benzene rings is 1. The lowest BCUT2D eigenvalue weighted by atomic mass is 10.0. The summed E-state index contributed by atoms with van der Waals surface area (Å²) in [5.41, 5.74) is 1.18. The summed E-state index contributed by atoms with van der Waals surface area (Å²) in [4.78, 5) is 13.2. The Morgan fingerprint density at radius 3 is 2.60 bits per heavy atom. The number of nitrogens with one attached hydrogen (secondary N) is 1. The van der Waals surface area contributed by atoms with Crippen LogP contribution in [0.4, 0.5) is 0 Å². The van der Waals surface area contributed by atoms with Crippen molar-refractivity contribution in [3.8, 4) is 5.75 Å². The summed E-state index contributed by atoms with van der Waals surface area (Å²) in [6.07, 6.45) is 2.03. The summed E-state index contributed by atoms with van der Waals surface area (Å²) in [6.45, 7) is 5.51. The number of carbonyl (C=O) groups is 1. The summed E-state index contributed by atoms with van der Waals surface area (Å²) >= 11 is 0. The van der Waals surface area contributed by atoms with Gasteiger partial charge in [0.25, 0.3) is 0 Å². The number of ether oxygens (including phenoxy) is 1. The van der Waals surface area contributed by atoms with E-state index in [-0.39, 0.29) is 11.9 Å². The first kappa shape index (κ1) is 14.9. The van der Waals surface area contributed by atoms with Crippen LogP contribution in [0.2, 0.25) is 0 Å². The molecule has 1 heterocycles. The molecule has 20 heavy (non-hydrogen) atoms. The number of para-hydroxylation sites is 1. The van der Waals surface area contributed by atoms with E-state index in [0.29, 0.717) is 6.04 Å². The van der Waals surface area contributed by atoms with Crippen molar-refractivity contribution in [1.82, 2.24) is 10.2 Å². The van der Waals surface area contributed by atoms with E-state index in [1.165, 1.54) is 5.56 Å². The Hall–Kier alpha value is -1.55. The highest BCUT2D eigenvalue weighted by molar-refractivity contribution is 5.73. The van der Waals surface area contributed by atoms with Crippen LogP contribution in [0, 0.1) is 0 Å². The van der Waals surface area contributed by atoms with E-state index in [1.807, 2.05) is 23.1 Å². The minimum Gasteiger partial charge on any atom is -0.496 e. The van der Waals surface area contributed by atoms with E-state index >= 15 is 0 Å². The van der Waals surface area contributed by atoms with Gasteiger partial charge >= 0.3 is 0 Å². The molecule has 4 nitrogen and oxygen atoms in total. The monoisotopic (exact) mass is 276 g/mol. The third kappa shape index (κ3) is 3.51. The lowest BCUT2D eigenvalue weighted by molar-refractivity contribution is -0.129. The molecular formula is C16H24N2O2. The second-order valence-corrected chi connectivity index (χ2v) is 5.41. The fraction of sp³-hybridized carbons (Fsp3) is 0.562. The van der Waals surface area contributed by atoms with Crippen LogP contribution in [0.15, 0.2) is 24.3 Å². The van der Waals surface area contributed by atoms with E-state index in [2.05, 4.69) is 18.3 Å². The Labute approximate surface area is 121 Å². The normalized spacial score (nSPS) is 17.9. The molecule has 0 aliphatic carbocycles. The molecule has 1 amide bonds. The molecular weight excluding hydrogens is 252 g/mol. The molecule has 1 N–H and O–H groups in total. The van der Waals surface area contributed by atoms with Crippen LogP contribution in [0.25, 0.3) is 0 Å². The Morgan fingerprint density at radius 2 is 2.00 bits per heavy atom. The highest BCUT2D eigenvalue weighted by atomic mass is 16.5. The van der Waals surface area contributed by atoms with E-state index in [4.69, 9.17) is 4.74 Å². The first-order valence-corrected chi connectivity index (χ1v) is 7.26. The Balaban J connectivity index is 1.92. The summed E-state index contributed by atoms with van der Waals surface area (Å²) in [5.74, 6) is 1.11. The average Bonchev–Trinajstić information content (AvgIpc) is 2.47. The molecule has 1 fully saturated rings. The second-order valence-electron chi connectivity index (χ2n) is 5.41. The molecule has 0 unspecified atom stereocenters. The lowest BCUT2D eigenvalue weighted by Crippen LogP contribution is -2.44. The first-order valence-electron chi connectivity index (χ1n) is 7.26. The molecule has 0 radical (unpaired) electrons. The van der Waals surface area contributed by atoms with Crippen LogP contribution >= 0.6 is 0 Å². The van der Waals surface area contributed by atoms with E-state index in [9.17, 15) is 4.79 Å². The van der Waals surface area contributed by atoms with Crippen molar-refractivity contribution in [1.29, 1.82) is 0 Å². The van der Waals surface area contributed by atoms with Crippen molar-refractivity contribution < 1.29 is 9.53 Å². The van der Waals surface area contributed by atoms with E-state index < -0.39 is 0 Å². The minimum atomic E-state index is 0.182. The maximum atomic E-state index is 11.3. The van der Waals surface area contributed by atoms with Gasteiger partial charge in [-0.1, -0.05) is 18.2 Å². The molecule has 0 spiro atoms. The third-order valence-corrected chi connectivity index (χ3v) is 4.03. The molecule has 0 aromatic heterocycles. The number of methoxy groups -OCH3 is 1. The second kappa shape index (κ2) is 6.75. The third-order valence-electron chi connectivity index (χ3n) is 4.03. The summed E-state index contributed by atoms with van der Waals surface area (Å²) < 4.78 is 5.41. The van der Waals surface area contributed by atoms with Crippen LogP contribution in [0.3, 0.4) is 0 Å². The molecule has 1 aromatic rings. The van der Waals surface area contributed by atoms with Crippen LogP contribution in [0.1, 0.15) is 38.3 Å². The fourth-order valence-corrected chi connectivity index (χ4v) is 2.83. The molecule has 0 bridgehead atoms. The molecule has 1 atom stereocenters. The highest BCUT2D eigenvalue weighted by Gasteiger charge is 2.22. The number of amides is 1. The molecule has 0 saturated carbocycles. The van der Waals surface area contributed by atoms with Gasteiger partial charge in [0.15, 0.2) is 0 Å². The van der Waals surface area contributed by atoms with Gasteiger partial charge in [0.1, 0.15) is 5.75 Å². The van der Waals surface area contributed by atoms with Gasteiger partial charge < -0.3 is 15.0 Å². The quantitative estimate of drug-likeness (QED) is 0.918. The topological polar surface area (TPSA) is 41.6 Å².